The predicted octanol–water partition coefficient (Wildman–Crippen LogP) is -4.90. The fraction of sp³-hybridized carbons (Fsp3) is 1.00. The van der Waals surface area contributed by atoms with Crippen molar-refractivity contribution in [3.8, 4) is 0 Å². The predicted molar refractivity (Wildman–Crippen MR) is 69.2 cm³/mol. The Bertz CT molecular complexity index is 101. The second-order valence-electron chi connectivity index (χ2n) is 4.04. The summed E-state index contributed by atoms with van der Waals surface area (Å²) in [7, 11) is -7.11. The van der Waals surface area contributed by atoms with E-state index >= 15 is 0 Å². The van der Waals surface area contributed by atoms with Crippen LogP contribution in [0.5, 0.6) is 0 Å². The van der Waals surface area contributed by atoms with Crippen molar-refractivity contribution in [2.24, 2.45) is 0 Å². The molecule has 13 heteroatoms. The molecular formula is C4H22B3O9P. The van der Waals surface area contributed by atoms with Gasteiger partial charge in [-0.15, -0.1) is 0 Å². The normalized spacial score (nSPS) is 9.24. The van der Waals surface area contributed by atoms with E-state index in [9.17, 15) is 0 Å². The van der Waals surface area contributed by atoms with Gasteiger partial charge in [-0.2, -0.15) is 0 Å². The standard InChI is InChI=1S/C4H13P.3BH3O3/c1-5(2,3)4;3*2-1(3)4/h5H,1-4H3;3*2-4H. The van der Waals surface area contributed by atoms with Gasteiger partial charge in [0, 0.05) is 0 Å². The van der Waals surface area contributed by atoms with Crippen molar-refractivity contribution >= 4 is 29.2 Å². The van der Waals surface area contributed by atoms with Gasteiger partial charge in [0.1, 0.15) is 0 Å². The van der Waals surface area contributed by atoms with Gasteiger partial charge in [-0.25, -0.2) is 0 Å². The summed E-state index contributed by atoms with van der Waals surface area (Å²) >= 11 is 0. The molecular weight excluding hydrogens is 255 g/mol. The minimum atomic E-state index is -2.17. The van der Waals surface area contributed by atoms with Crippen LogP contribution < -0.4 is 0 Å². The van der Waals surface area contributed by atoms with Crippen molar-refractivity contribution in [3.63, 3.8) is 0 Å². The first-order chi connectivity index (χ1) is 7.20. The molecule has 0 aromatic carbocycles. The number of hydrogen-bond donors (Lipinski definition) is 9. The van der Waals surface area contributed by atoms with Crippen LogP contribution in [0.3, 0.4) is 0 Å². The summed E-state index contributed by atoms with van der Waals surface area (Å²) in [4.78, 5) is 0. The molecule has 9 nitrogen and oxygen atoms in total. The average molecular weight is 278 g/mol. The summed E-state index contributed by atoms with van der Waals surface area (Å²) in [5.74, 6) is 0. The van der Waals surface area contributed by atoms with Crippen molar-refractivity contribution in [3.05, 3.63) is 0 Å². The summed E-state index contributed by atoms with van der Waals surface area (Å²) in [5.41, 5.74) is 0. The summed E-state index contributed by atoms with van der Waals surface area (Å²) in [6.07, 6.45) is 0. The van der Waals surface area contributed by atoms with Crippen LogP contribution >= 0.6 is 7.26 Å². The Morgan fingerprint density at radius 1 is 0.471 bits per heavy atom. The molecule has 0 saturated carbocycles. The molecule has 0 saturated heterocycles. The molecule has 0 spiro atoms. The first-order valence-electron chi connectivity index (χ1n) is 4.32. The molecule has 9 N–H and O–H groups in total. The molecule has 0 aliphatic heterocycles. The molecule has 0 aromatic heterocycles. The third-order valence-corrected chi connectivity index (χ3v) is 0. The molecule has 0 bridgehead atoms. The average Bonchev–Trinajstić information content (AvgIpc) is 1.73. The van der Waals surface area contributed by atoms with Crippen LogP contribution in [0, 0.1) is 0 Å². The van der Waals surface area contributed by atoms with Crippen molar-refractivity contribution in [1.29, 1.82) is 0 Å². The van der Waals surface area contributed by atoms with Crippen LogP contribution in [-0.2, 0) is 0 Å². The fourth-order valence-corrected chi connectivity index (χ4v) is 0. The Morgan fingerprint density at radius 2 is 0.471 bits per heavy atom. The summed E-state index contributed by atoms with van der Waals surface area (Å²) in [6, 6.07) is 0. The topological polar surface area (TPSA) is 182 Å². The first-order valence-corrected chi connectivity index (χ1v) is 8.32. The van der Waals surface area contributed by atoms with E-state index in [1.165, 1.54) is 0 Å². The molecule has 0 atom stereocenters. The molecule has 0 aliphatic rings. The van der Waals surface area contributed by atoms with E-state index in [-0.39, 0.29) is 0 Å². The van der Waals surface area contributed by atoms with Gasteiger partial charge >= 0.3 is 55.9 Å². The zero-order valence-corrected chi connectivity index (χ0v) is 11.3. The summed E-state index contributed by atoms with van der Waals surface area (Å²) < 4.78 is 0. The maximum Gasteiger partial charge on any atom is 0.631 e. The molecule has 0 radical (unpaired) electrons. The Labute approximate surface area is 102 Å². The molecule has 106 valence electrons. The van der Waals surface area contributed by atoms with Gasteiger partial charge in [0.15, 0.2) is 0 Å². The van der Waals surface area contributed by atoms with Gasteiger partial charge in [0.2, 0.25) is 0 Å². The molecule has 17 heavy (non-hydrogen) atoms. The van der Waals surface area contributed by atoms with Gasteiger partial charge in [-0.3, -0.25) is 0 Å². The molecule has 0 heterocycles. The first kappa shape index (κ1) is 26.0. The van der Waals surface area contributed by atoms with E-state index in [1.54, 1.807) is 0 Å². The van der Waals surface area contributed by atoms with Gasteiger partial charge in [0.25, 0.3) is 0 Å². The Kier molecular flexibility index (Phi) is 24.8. The van der Waals surface area contributed by atoms with Gasteiger partial charge in [-0.1, -0.05) is 0 Å². The van der Waals surface area contributed by atoms with E-state index in [0.717, 1.165) is 0 Å². The second-order valence-corrected chi connectivity index (χ2v) is 10.0. The zero-order chi connectivity index (χ0) is 15.2. The van der Waals surface area contributed by atoms with E-state index in [2.05, 4.69) is 26.7 Å². The second kappa shape index (κ2) is 16.3. The van der Waals surface area contributed by atoms with E-state index in [1.807, 2.05) is 0 Å². The third-order valence-electron chi connectivity index (χ3n) is 0. The largest absolute Gasteiger partial charge is 0.631 e. The Hall–Kier alpha value is 0.265. The number of hydrogen-bond acceptors (Lipinski definition) is 9. The van der Waals surface area contributed by atoms with E-state index in [4.69, 9.17) is 45.2 Å². The Morgan fingerprint density at radius 3 is 0.471 bits per heavy atom. The minimum absolute atomic E-state index is 0.611. The van der Waals surface area contributed by atoms with Gasteiger partial charge < -0.3 is 45.2 Å². The van der Waals surface area contributed by atoms with E-state index in [0.29, 0.717) is 0 Å². The van der Waals surface area contributed by atoms with Crippen LogP contribution in [-0.4, -0.2) is 93.8 Å². The number of rotatable bonds is 0. The smallest absolute Gasteiger partial charge is 0.402 e. The molecule has 0 aliphatic carbocycles. The van der Waals surface area contributed by atoms with Crippen molar-refractivity contribution in [1.82, 2.24) is 0 Å². The van der Waals surface area contributed by atoms with Crippen molar-refractivity contribution < 1.29 is 45.2 Å². The zero-order valence-electron chi connectivity index (χ0n) is 10.3. The van der Waals surface area contributed by atoms with Crippen LogP contribution in [0.15, 0.2) is 0 Å². The summed E-state index contributed by atoms with van der Waals surface area (Å²) in [5, 5.41) is 64.5. The minimum Gasteiger partial charge on any atom is -0.402 e. The van der Waals surface area contributed by atoms with Gasteiger partial charge in [0.05, 0.1) is 0 Å². The molecule has 0 fully saturated rings. The van der Waals surface area contributed by atoms with Crippen LogP contribution in [0.1, 0.15) is 0 Å². The van der Waals surface area contributed by atoms with Crippen LogP contribution in [0.25, 0.3) is 0 Å². The Balaban J connectivity index is -0.0000000667. The van der Waals surface area contributed by atoms with Crippen LogP contribution in [0.4, 0.5) is 0 Å². The SMILES string of the molecule is C[PH](C)(C)C.OB(O)O.OB(O)O.OB(O)O. The van der Waals surface area contributed by atoms with E-state index < -0.39 is 29.2 Å². The maximum absolute atomic E-state index is 7.17. The maximum atomic E-state index is 7.17. The quantitative estimate of drug-likeness (QED) is 0.155. The molecule has 0 unspecified atom stereocenters. The fourth-order valence-electron chi connectivity index (χ4n) is 0. The third kappa shape index (κ3) is 47200. The van der Waals surface area contributed by atoms with Gasteiger partial charge in [-0.05, 0) is 0 Å². The summed E-state index contributed by atoms with van der Waals surface area (Å²) in [6.45, 7) is 9.31. The van der Waals surface area contributed by atoms with Crippen molar-refractivity contribution in [2.75, 3.05) is 26.7 Å². The monoisotopic (exact) mass is 278 g/mol. The molecule has 0 amide bonds. The van der Waals surface area contributed by atoms with Crippen molar-refractivity contribution in [2.45, 2.75) is 0 Å². The molecule has 0 aromatic rings. The molecule has 0 rings (SSSR count). The van der Waals surface area contributed by atoms with Crippen LogP contribution in [0.2, 0.25) is 0 Å².